The molecule has 2 nitrogen and oxygen atoms in total. The van der Waals surface area contributed by atoms with Crippen LogP contribution in [0.4, 0.5) is 0 Å². The summed E-state index contributed by atoms with van der Waals surface area (Å²) in [7, 11) is 0. The number of rotatable bonds is 1. The fraction of sp³-hybridized carbons (Fsp3) is 0.0500. The highest BCUT2D eigenvalue weighted by Crippen LogP contribution is 2.34. The zero-order chi connectivity index (χ0) is 15.1. The van der Waals surface area contributed by atoms with Gasteiger partial charge in [0.25, 0.3) is 0 Å². The first-order valence-corrected chi connectivity index (χ1v) is 7.28. The van der Waals surface area contributed by atoms with Crippen molar-refractivity contribution in [2.24, 2.45) is 0 Å². The van der Waals surface area contributed by atoms with E-state index in [4.69, 9.17) is 0 Å². The minimum Gasteiger partial charge on any atom is -0.508 e. The Morgan fingerprint density at radius 3 is 2.55 bits per heavy atom. The third-order valence-electron chi connectivity index (χ3n) is 4.21. The molecule has 0 spiro atoms. The number of benzene rings is 3. The summed E-state index contributed by atoms with van der Waals surface area (Å²) < 4.78 is 0. The second-order valence-corrected chi connectivity index (χ2v) is 5.55. The van der Waals surface area contributed by atoms with E-state index in [0.717, 1.165) is 27.5 Å². The van der Waals surface area contributed by atoms with Crippen molar-refractivity contribution >= 4 is 22.6 Å². The van der Waals surface area contributed by atoms with Crippen LogP contribution in [0, 0.1) is 0 Å². The highest BCUT2D eigenvalue weighted by molar-refractivity contribution is 6.16. The molecule has 0 bridgehead atoms. The summed E-state index contributed by atoms with van der Waals surface area (Å²) in [5.41, 5.74) is 3.12. The summed E-state index contributed by atoms with van der Waals surface area (Å²) in [6, 6.07) is 19.3. The van der Waals surface area contributed by atoms with Crippen LogP contribution in [0.5, 0.6) is 5.75 Å². The van der Waals surface area contributed by atoms with Gasteiger partial charge in [0.15, 0.2) is 5.78 Å². The second-order valence-electron chi connectivity index (χ2n) is 5.55. The molecule has 0 saturated heterocycles. The third kappa shape index (κ3) is 1.92. The van der Waals surface area contributed by atoms with E-state index in [-0.39, 0.29) is 11.5 Å². The normalized spacial score (nSPS) is 15.5. The van der Waals surface area contributed by atoms with Gasteiger partial charge in [-0.2, -0.15) is 0 Å². The quantitative estimate of drug-likeness (QED) is 0.674. The second kappa shape index (κ2) is 4.85. The number of hydrogen-bond acceptors (Lipinski definition) is 2. The van der Waals surface area contributed by atoms with Crippen LogP contribution in [-0.4, -0.2) is 10.9 Å². The lowest BCUT2D eigenvalue weighted by Crippen LogP contribution is -1.95. The summed E-state index contributed by atoms with van der Waals surface area (Å²) in [4.78, 5) is 12.5. The average molecular weight is 286 g/mol. The molecule has 0 aromatic heterocycles. The minimum absolute atomic E-state index is 0.0128. The maximum atomic E-state index is 12.5. The number of aromatic hydroxyl groups is 1. The van der Waals surface area contributed by atoms with Crippen LogP contribution < -0.4 is 0 Å². The molecular weight excluding hydrogens is 272 g/mol. The highest BCUT2D eigenvalue weighted by atomic mass is 16.3. The van der Waals surface area contributed by atoms with Gasteiger partial charge in [0, 0.05) is 23.1 Å². The number of carbonyl (C=O) groups is 1. The first-order valence-electron chi connectivity index (χ1n) is 7.28. The lowest BCUT2D eigenvalue weighted by molar-refractivity contribution is 0.104. The SMILES string of the molecule is O=C1/C(=C\c2cccc3ccccc23)Cc2c(O)cccc21. The zero-order valence-corrected chi connectivity index (χ0v) is 11.9. The van der Waals surface area contributed by atoms with Crippen LogP contribution in [0.25, 0.3) is 16.8 Å². The molecule has 0 fully saturated rings. The van der Waals surface area contributed by atoms with Crippen LogP contribution >= 0.6 is 0 Å². The van der Waals surface area contributed by atoms with Crippen molar-refractivity contribution in [3.8, 4) is 5.75 Å². The molecule has 22 heavy (non-hydrogen) atoms. The summed E-state index contributed by atoms with van der Waals surface area (Å²) in [5, 5.41) is 12.2. The van der Waals surface area contributed by atoms with Gasteiger partial charge < -0.3 is 5.11 Å². The molecule has 0 unspecified atom stereocenters. The highest BCUT2D eigenvalue weighted by Gasteiger charge is 2.26. The van der Waals surface area contributed by atoms with Crippen molar-refractivity contribution in [1.29, 1.82) is 0 Å². The number of Topliss-reactive ketones (excluding diaryl/α,β-unsaturated/α-hetero) is 1. The Bertz CT molecular complexity index is 930. The zero-order valence-electron chi connectivity index (χ0n) is 11.9. The molecule has 106 valence electrons. The van der Waals surface area contributed by atoms with Gasteiger partial charge in [0.05, 0.1) is 0 Å². The molecule has 2 heteroatoms. The summed E-state index contributed by atoms with van der Waals surface area (Å²) in [6.45, 7) is 0. The van der Waals surface area contributed by atoms with Crippen LogP contribution in [-0.2, 0) is 6.42 Å². The van der Waals surface area contributed by atoms with Gasteiger partial charge in [-0.05, 0) is 28.5 Å². The topological polar surface area (TPSA) is 37.3 Å². The van der Waals surface area contributed by atoms with E-state index in [9.17, 15) is 9.90 Å². The lowest BCUT2D eigenvalue weighted by Gasteiger charge is -2.03. The standard InChI is InChI=1S/C20H14O2/c21-19-10-4-9-17-18(19)12-15(20(17)22)11-14-7-3-6-13-5-1-2-8-16(13)14/h1-11,21H,12H2/b15-11-. The number of phenols is 1. The van der Waals surface area contributed by atoms with Crippen molar-refractivity contribution in [3.05, 3.63) is 82.9 Å². The molecule has 4 rings (SSSR count). The predicted octanol–water partition coefficient (Wildman–Crippen LogP) is 4.37. The molecule has 1 N–H and O–H groups in total. The third-order valence-corrected chi connectivity index (χ3v) is 4.21. The van der Waals surface area contributed by atoms with Crippen LogP contribution in [0.15, 0.2) is 66.2 Å². The van der Waals surface area contributed by atoms with Crippen molar-refractivity contribution in [3.63, 3.8) is 0 Å². The van der Waals surface area contributed by atoms with E-state index in [2.05, 4.69) is 18.2 Å². The maximum Gasteiger partial charge on any atom is 0.189 e. The largest absolute Gasteiger partial charge is 0.508 e. The summed E-state index contributed by atoms with van der Waals surface area (Å²) in [6.07, 6.45) is 2.44. The van der Waals surface area contributed by atoms with Crippen LogP contribution in [0.3, 0.4) is 0 Å². The van der Waals surface area contributed by atoms with Gasteiger partial charge in [-0.25, -0.2) is 0 Å². The number of hydrogen-bond donors (Lipinski definition) is 1. The maximum absolute atomic E-state index is 12.5. The Morgan fingerprint density at radius 1 is 0.909 bits per heavy atom. The molecule has 3 aromatic carbocycles. The van der Waals surface area contributed by atoms with Gasteiger partial charge in [-0.3, -0.25) is 4.79 Å². The van der Waals surface area contributed by atoms with Gasteiger partial charge in [-0.1, -0.05) is 54.6 Å². The summed E-state index contributed by atoms with van der Waals surface area (Å²) in [5.74, 6) is 0.214. The Labute approximate surface area is 128 Å². The van der Waals surface area contributed by atoms with E-state index >= 15 is 0 Å². The Kier molecular flexibility index (Phi) is 2.83. The van der Waals surface area contributed by atoms with Gasteiger partial charge >= 0.3 is 0 Å². The number of ketones is 1. The van der Waals surface area contributed by atoms with E-state index < -0.39 is 0 Å². The monoisotopic (exact) mass is 286 g/mol. The number of carbonyl (C=O) groups excluding carboxylic acids is 1. The lowest BCUT2D eigenvalue weighted by atomic mass is 10.0. The molecule has 0 aliphatic heterocycles. The molecule has 0 radical (unpaired) electrons. The van der Waals surface area contributed by atoms with E-state index in [1.807, 2.05) is 30.3 Å². The average Bonchev–Trinajstić information content (AvgIpc) is 2.86. The van der Waals surface area contributed by atoms with Crippen LogP contribution in [0.2, 0.25) is 0 Å². The van der Waals surface area contributed by atoms with Crippen molar-refractivity contribution in [1.82, 2.24) is 0 Å². The molecule has 0 amide bonds. The fourth-order valence-corrected chi connectivity index (χ4v) is 3.10. The molecule has 3 aromatic rings. The van der Waals surface area contributed by atoms with Gasteiger partial charge in [-0.15, -0.1) is 0 Å². The first-order chi connectivity index (χ1) is 10.7. The molecular formula is C20H14O2. The van der Waals surface area contributed by atoms with Crippen molar-refractivity contribution in [2.75, 3.05) is 0 Å². The van der Waals surface area contributed by atoms with E-state index in [1.54, 1.807) is 18.2 Å². The number of fused-ring (bicyclic) bond motifs is 2. The Balaban J connectivity index is 1.85. The van der Waals surface area contributed by atoms with Crippen LogP contribution in [0.1, 0.15) is 21.5 Å². The smallest absolute Gasteiger partial charge is 0.189 e. The molecule has 1 aliphatic carbocycles. The Hall–Kier alpha value is -2.87. The molecule has 0 saturated carbocycles. The van der Waals surface area contributed by atoms with Gasteiger partial charge in [0.1, 0.15) is 5.75 Å². The van der Waals surface area contributed by atoms with E-state index in [1.165, 1.54) is 0 Å². The number of phenolic OH excluding ortho intramolecular Hbond substituents is 1. The first kappa shape index (κ1) is 12.8. The van der Waals surface area contributed by atoms with Crippen molar-refractivity contribution < 1.29 is 9.90 Å². The number of allylic oxidation sites excluding steroid dienone is 1. The molecule has 1 aliphatic rings. The predicted molar refractivity (Wildman–Crippen MR) is 88.1 cm³/mol. The Morgan fingerprint density at radius 2 is 1.68 bits per heavy atom. The summed E-state index contributed by atoms with van der Waals surface area (Å²) >= 11 is 0. The molecule has 0 atom stereocenters. The minimum atomic E-state index is 0.0128. The molecule has 0 heterocycles. The fourth-order valence-electron chi connectivity index (χ4n) is 3.10. The van der Waals surface area contributed by atoms with Gasteiger partial charge in [0.2, 0.25) is 0 Å². The van der Waals surface area contributed by atoms with Crippen molar-refractivity contribution in [2.45, 2.75) is 6.42 Å². The van der Waals surface area contributed by atoms with E-state index in [0.29, 0.717) is 12.0 Å².